The molecule has 0 aliphatic rings. The van der Waals surface area contributed by atoms with Gasteiger partial charge in [-0.25, -0.2) is 4.79 Å². The molecule has 0 saturated carbocycles. The highest BCUT2D eigenvalue weighted by Crippen LogP contribution is 2.20. The van der Waals surface area contributed by atoms with Crippen LogP contribution in [0.25, 0.3) is 0 Å². The molecular formula is C20H23NO4. The standard InChI is InChI=1S/C20H23NO4/c1-5-15-7-10-17(11-8-15)21-19(22)14(3)25-20(23)16-9-6-13(2)18(12-16)24-4/h6-12,14H,5H2,1-4H3,(H,21,22)/t14-/m1/s1. The summed E-state index contributed by atoms with van der Waals surface area (Å²) in [6.07, 6.45) is 0.0214. The number of hydrogen-bond acceptors (Lipinski definition) is 4. The summed E-state index contributed by atoms with van der Waals surface area (Å²) in [7, 11) is 1.54. The maximum Gasteiger partial charge on any atom is 0.339 e. The van der Waals surface area contributed by atoms with Gasteiger partial charge in [-0.2, -0.15) is 0 Å². The van der Waals surface area contributed by atoms with Crippen molar-refractivity contribution < 1.29 is 19.1 Å². The van der Waals surface area contributed by atoms with E-state index in [-0.39, 0.29) is 5.91 Å². The molecule has 0 aliphatic carbocycles. The molecule has 0 aliphatic heterocycles. The SMILES string of the molecule is CCc1ccc(NC(=O)[C@@H](C)OC(=O)c2ccc(C)c(OC)c2)cc1. The minimum Gasteiger partial charge on any atom is -0.496 e. The summed E-state index contributed by atoms with van der Waals surface area (Å²) in [6.45, 7) is 5.49. The molecule has 5 nitrogen and oxygen atoms in total. The van der Waals surface area contributed by atoms with E-state index >= 15 is 0 Å². The molecule has 0 fully saturated rings. The van der Waals surface area contributed by atoms with E-state index < -0.39 is 12.1 Å². The summed E-state index contributed by atoms with van der Waals surface area (Å²) in [4.78, 5) is 24.4. The van der Waals surface area contributed by atoms with Crippen molar-refractivity contribution in [1.82, 2.24) is 0 Å². The monoisotopic (exact) mass is 341 g/mol. The molecule has 0 saturated heterocycles. The third kappa shape index (κ3) is 4.83. The van der Waals surface area contributed by atoms with Crippen molar-refractivity contribution in [2.24, 2.45) is 0 Å². The van der Waals surface area contributed by atoms with Gasteiger partial charge in [-0.15, -0.1) is 0 Å². The number of methoxy groups -OCH3 is 1. The number of carbonyl (C=O) groups excluding carboxylic acids is 2. The summed E-state index contributed by atoms with van der Waals surface area (Å²) in [5.41, 5.74) is 3.11. The van der Waals surface area contributed by atoms with Crippen LogP contribution in [0.5, 0.6) is 5.75 Å². The number of amides is 1. The normalized spacial score (nSPS) is 11.5. The van der Waals surface area contributed by atoms with E-state index in [1.54, 1.807) is 25.1 Å². The second-order valence-electron chi connectivity index (χ2n) is 5.77. The summed E-state index contributed by atoms with van der Waals surface area (Å²) in [5, 5.41) is 2.74. The van der Waals surface area contributed by atoms with Gasteiger partial charge in [0.05, 0.1) is 12.7 Å². The first-order valence-electron chi connectivity index (χ1n) is 8.20. The molecule has 0 radical (unpaired) electrons. The zero-order chi connectivity index (χ0) is 18.4. The molecule has 2 rings (SSSR count). The topological polar surface area (TPSA) is 64.6 Å². The number of ether oxygens (including phenoxy) is 2. The molecule has 0 bridgehead atoms. The zero-order valence-electron chi connectivity index (χ0n) is 15.0. The van der Waals surface area contributed by atoms with Crippen molar-refractivity contribution in [1.29, 1.82) is 0 Å². The van der Waals surface area contributed by atoms with E-state index in [1.165, 1.54) is 12.7 Å². The van der Waals surface area contributed by atoms with Gasteiger partial charge < -0.3 is 14.8 Å². The lowest BCUT2D eigenvalue weighted by atomic mass is 10.1. The van der Waals surface area contributed by atoms with E-state index in [0.29, 0.717) is 17.0 Å². The molecule has 0 heterocycles. The second-order valence-corrected chi connectivity index (χ2v) is 5.77. The fraction of sp³-hybridized carbons (Fsp3) is 0.300. The molecule has 2 aromatic carbocycles. The molecule has 0 aromatic heterocycles. The lowest BCUT2D eigenvalue weighted by molar-refractivity contribution is -0.123. The Labute approximate surface area is 148 Å². The number of nitrogens with one attached hydrogen (secondary N) is 1. The predicted octanol–water partition coefficient (Wildman–Crippen LogP) is 3.75. The lowest BCUT2D eigenvalue weighted by Crippen LogP contribution is -2.30. The van der Waals surface area contributed by atoms with Crippen LogP contribution in [-0.4, -0.2) is 25.1 Å². The number of rotatable bonds is 6. The van der Waals surface area contributed by atoms with Crippen LogP contribution in [0.2, 0.25) is 0 Å². The van der Waals surface area contributed by atoms with Gasteiger partial charge in [0, 0.05) is 5.69 Å². The molecule has 1 amide bonds. The van der Waals surface area contributed by atoms with Crippen LogP contribution in [0.4, 0.5) is 5.69 Å². The maximum atomic E-state index is 12.2. The van der Waals surface area contributed by atoms with E-state index in [1.807, 2.05) is 31.2 Å². The average Bonchev–Trinajstić information content (AvgIpc) is 2.62. The van der Waals surface area contributed by atoms with Gasteiger partial charge in [0.15, 0.2) is 6.10 Å². The Morgan fingerprint density at radius 2 is 1.80 bits per heavy atom. The van der Waals surface area contributed by atoms with E-state index in [4.69, 9.17) is 9.47 Å². The Hall–Kier alpha value is -2.82. The third-order valence-corrected chi connectivity index (χ3v) is 3.93. The lowest BCUT2D eigenvalue weighted by Gasteiger charge is -2.14. The molecule has 0 unspecified atom stereocenters. The minimum atomic E-state index is -0.911. The average molecular weight is 341 g/mol. The van der Waals surface area contributed by atoms with Crippen molar-refractivity contribution in [3.63, 3.8) is 0 Å². The Morgan fingerprint density at radius 3 is 2.40 bits per heavy atom. The molecule has 25 heavy (non-hydrogen) atoms. The number of anilines is 1. The van der Waals surface area contributed by atoms with Gasteiger partial charge in [-0.1, -0.05) is 25.1 Å². The predicted molar refractivity (Wildman–Crippen MR) is 97.1 cm³/mol. The van der Waals surface area contributed by atoms with Crippen molar-refractivity contribution >= 4 is 17.6 Å². The Morgan fingerprint density at radius 1 is 1.12 bits per heavy atom. The molecule has 5 heteroatoms. The van der Waals surface area contributed by atoms with E-state index in [2.05, 4.69) is 12.2 Å². The molecule has 1 N–H and O–H groups in total. The van der Waals surface area contributed by atoms with Crippen molar-refractivity contribution in [3.8, 4) is 5.75 Å². The van der Waals surface area contributed by atoms with E-state index in [9.17, 15) is 9.59 Å². The van der Waals surface area contributed by atoms with Crippen LogP contribution in [0.15, 0.2) is 42.5 Å². The molecular weight excluding hydrogens is 318 g/mol. The number of aryl methyl sites for hydroxylation is 2. The highest BCUT2D eigenvalue weighted by atomic mass is 16.5. The second kappa shape index (κ2) is 8.33. The summed E-state index contributed by atoms with van der Waals surface area (Å²) in [6, 6.07) is 12.6. The van der Waals surface area contributed by atoms with Crippen LogP contribution in [0.3, 0.4) is 0 Å². The first kappa shape index (κ1) is 18.5. The van der Waals surface area contributed by atoms with Gasteiger partial charge in [0.1, 0.15) is 5.75 Å². The molecule has 132 valence electrons. The highest BCUT2D eigenvalue weighted by Gasteiger charge is 2.19. The zero-order valence-corrected chi connectivity index (χ0v) is 15.0. The summed E-state index contributed by atoms with van der Waals surface area (Å²) in [5.74, 6) is -0.346. The van der Waals surface area contributed by atoms with Crippen LogP contribution < -0.4 is 10.1 Å². The largest absolute Gasteiger partial charge is 0.496 e. The van der Waals surface area contributed by atoms with Gasteiger partial charge in [0.2, 0.25) is 0 Å². The number of carbonyl (C=O) groups is 2. The highest BCUT2D eigenvalue weighted by molar-refractivity contribution is 5.97. The smallest absolute Gasteiger partial charge is 0.339 e. The number of hydrogen-bond donors (Lipinski definition) is 1. The van der Waals surface area contributed by atoms with Gasteiger partial charge in [-0.05, 0) is 55.7 Å². The van der Waals surface area contributed by atoms with E-state index in [0.717, 1.165) is 12.0 Å². The number of benzene rings is 2. The van der Waals surface area contributed by atoms with Crippen LogP contribution in [0, 0.1) is 6.92 Å². The van der Waals surface area contributed by atoms with Gasteiger partial charge in [-0.3, -0.25) is 4.79 Å². The fourth-order valence-corrected chi connectivity index (χ4v) is 2.30. The first-order valence-corrected chi connectivity index (χ1v) is 8.20. The quantitative estimate of drug-likeness (QED) is 0.813. The summed E-state index contributed by atoms with van der Waals surface area (Å²) >= 11 is 0. The van der Waals surface area contributed by atoms with Crippen molar-refractivity contribution in [3.05, 3.63) is 59.2 Å². The molecule has 1 atom stereocenters. The summed E-state index contributed by atoms with van der Waals surface area (Å²) < 4.78 is 10.4. The molecule has 0 spiro atoms. The first-order chi connectivity index (χ1) is 11.9. The van der Waals surface area contributed by atoms with Gasteiger partial charge >= 0.3 is 5.97 Å². The Balaban J connectivity index is 1.98. The van der Waals surface area contributed by atoms with Crippen LogP contribution >= 0.6 is 0 Å². The minimum absolute atomic E-state index is 0.342. The Bertz CT molecular complexity index is 753. The van der Waals surface area contributed by atoms with Crippen molar-refractivity contribution in [2.75, 3.05) is 12.4 Å². The Kier molecular flexibility index (Phi) is 6.17. The fourth-order valence-electron chi connectivity index (χ4n) is 2.30. The number of esters is 1. The maximum absolute atomic E-state index is 12.2. The molecule has 2 aromatic rings. The van der Waals surface area contributed by atoms with Gasteiger partial charge in [0.25, 0.3) is 5.91 Å². The third-order valence-electron chi connectivity index (χ3n) is 3.93. The van der Waals surface area contributed by atoms with Crippen LogP contribution in [0.1, 0.15) is 35.3 Å². The van der Waals surface area contributed by atoms with Crippen LogP contribution in [-0.2, 0) is 16.0 Å². The van der Waals surface area contributed by atoms with Crippen molar-refractivity contribution in [2.45, 2.75) is 33.3 Å².